The number of nitrogens with zero attached hydrogens (tertiary/aromatic N) is 5. The van der Waals surface area contributed by atoms with E-state index in [0.29, 0.717) is 12.2 Å². The molecule has 0 saturated carbocycles. The first kappa shape index (κ1) is 20.4. The maximum Gasteiger partial charge on any atom is 0.350 e. The van der Waals surface area contributed by atoms with Gasteiger partial charge in [0, 0.05) is 56.2 Å². The highest BCUT2D eigenvalue weighted by molar-refractivity contribution is 6.30. The molecular weight excluding hydrogens is 374 g/mol. The highest BCUT2D eigenvalue weighted by atomic mass is 35.5. The van der Waals surface area contributed by atoms with Crippen molar-refractivity contribution in [2.24, 2.45) is 0 Å². The predicted octanol–water partition coefficient (Wildman–Crippen LogP) is 3.39. The zero-order valence-electron chi connectivity index (χ0n) is 16.6. The molecule has 3 heterocycles. The number of benzene rings is 1. The van der Waals surface area contributed by atoms with E-state index in [2.05, 4.69) is 21.0 Å². The third-order valence-electron chi connectivity index (χ3n) is 4.88. The summed E-state index contributed by atoms with van der Waals surface area (Å²) in [7, 11) is 0. The van der Waals surface area contributed by atoms with Crippen LogP contribution in [0, 0.1) is 0 Å². The van der Waals surface area contributed by atoms with Gasteiger partial charge in [0.05, 0.1) is 0 Å². The lowest BCUT2D eigenvalue weighted by molar-refractivity contribution is 0.248. The molecule has 0 N–H and O–H groups in total. The first-order valence-electron chi connectivity index (χ1n) is 9.98. The Bertz CT molecular complexity index is 943. The van der Waals surface area contributed by atoms with E-state index >= 15 is 0 Å². The Labute approximate surface area is 170 Å². The summed E-state index contributed by atoms with van der Waals surface area (Å²) >= 11 is 6.09. The smallest absolute Gasteiger partial charge is 0.350 e. The maximum absolute atomic E-state index is 12.3. The lowest BCUT2D eigenvalue weighted by atomic mass is 10.2. The Morgan fingerprint density at radius 2 is 1.79 bits per heavy atom. The van der Waals surface area contributed by atoms with E-state index in [9.17, 15) is 4.79 Å². The molecule has 1 fully saturated rings. The van der Waals surface area contributed by atoms with Crippen molar-refractivity contribution in [1.82, 2.24) is 19.1 Å². The maximum atomic E-state index is 12.3. The minimum absolute atomic E-state index is 0.0635. The van der Waals surface area contributed by atoms with Gasteiger partial charge in [-0.05, 0) is 36.8 Å². The normalized spacial score (nSPS) is 14.8. The van der Waals surface area contributed by atoms with E-state index in [-0.39, 0.29) is 5.69 Å². The fraction of sp³-hybridized carbons (Fsp3) is 0.429. The standard InChI is InChI=1S/C19H22ClN5O.C2H6/c20-16-5-3-6-17(15-16)23-13-11-22(12-14-23)8-4-10-25-19(26)24-9-2-1-7-18(24)21-25;1-2/h1-3,5-7,9,15H,4,8,10-14H2;1-2H3. The number of anilines is 1. The van der Waals surface area contributed by atoms with E-state index in [0.717, 1.165) is 44.2 Å². The van der Waals surface area contributed by atoms with Gasteiger partial charge < -0.3 is 4.90 Å². The molecule has 7 heteroatoms. The molecule has 0 radical (unpaired) electrons. The lowest BCUT2D eigenvalue weighted by Crippen LogP contribution is -2.46. The van der Waals surface area contributed by atoms with E-state index in [1.165, 1.54) is 5.69 Å². The van der Waals surface area contributed by atoms with Gasteiger partial charge in [-0.25, -0.2) is 9.48 Å². The van der Waals surface area contributed by atoms with Crippen LogP contribution >= 0.6 is 11.6 Å². The van der Waals surface area contributed by atoms with Crippen molar-refractivity contribution in [1.29, 1.82) is 0 Å². The van der Waals surface area contributed by atoms with Crippen LogP contribution in [0.2, 0.25) is 5.02 Å². The summed E-state index contributed by atoms with van der Waals surface area (Å²) < 4.78 is 3.15. The van der Waals surface area contributed by atoms with Crippen LogP contribution in [0.15, 0.2) is 53.5 Å². The molecule has 0 bridgehead atoms. The first-order chi connectivity index (χ1) is 13.7. The van der Waals surface area contributed by atoms with Crippen molar-refractivity contribution in [3.05, 3.63) is 64.2 Å². The van der Waals surface area contributed by atoms with Crippen molar-refractivity contribution in [3.63, 3.8) is 0 Å². The Morgan fingerprint density at radius 3 is 2.50 bits per heavy atom. The Morgan fingerprint density at radius 1 is 1.00 bits per heavy atom. The number of aromatic nitrogens is 3. The van der Waals surface area contributed by atoms with Crippen molar-refractivity contribution >= 4 is 22.9 Å². The number of aryl methyl sites for hydroxylation is 1. The molecule has 6 nitrogen and oxygen atoms in total. The van der Waals surface area contributed by atoms with Crippen LogP contribution in [0.4, 0.5) is 5.69 Å². The summed E-state index contributed by atoms with van der Waals surface area (Å²) in [5.74, 6) is 0. The SMILES string of the molecule is CC.O=c1n(CCCN2CCN(c3cccc(Cl)c3)CC2)nc2ccccn12. The Balaban J connectivity index is 0.00000109. The molecule has 0 unspecified atom stereocenters. The summed E-state index contributed by atoms with van der Waals surface area (Å²) in [6.07, 6.45) is 2.68. The van der Waals surface area contributed by atoms with Crippen molar-refractivity contribution in [3.8, 4) is 0 Å². The highest BCUT2D eigenvalue weighted by Gasteiger charge is 2.17. The van der Waals surface area contributed by atoms with Gasteiger partial charge in [0.1, 0.15) is 0 Å². The fourth-order valence-corrected chi connectivity index (χ4v) is 3.64. The van der Waals surface area contributed by atoms with Crippen LogP contribution < -0.4 is 10.6 Å². The lowest BCUT2D eigenvalue weighted by Gasteiger charge is -2.36. The van der Waals surface area contributed by atoms with Gasteiger partial charge >= 0.3 is 5.69 Å². The topological polar surface area (TPSA) is 45.8 Å². The van der Waals surface area contributed by atoms with Crippen LogP contribution in [-0.4, -0.2) is 51.8 Å². The molecule has 0 amide bonds. The summed E-state index contributed by atoms with van der Waals surface area (Å²) in [6, 6.07) is 13.6. The second-order valence-corrected chi connectivity index (χ2v) is 7.03. The summed E-state index contributed by atoms with van der Waals surface area (Å²) in [5, 5.41) is 5.16. The summed E-state index contributed by atoms with van der Waals surface area (Å²) in [4.78, 5) is 17.1. The molecule has 150 valence electrons. The summed E-state index contributed by atoms with van der Waals surface area (Å²) in [5.41, 5.74) is 1.83. The molecule has 4 rings (SSSR count). The number of hydrogen-bond donors (Lipinski definition) is 0. The zero-order valence-corrected chi connectivity index (χ0v) is 17.3. The van der Waals surface area contributed by atoms with Crippen molar-refractivity contribution in [2.45, 2.75) is 26.8 Å². The second kappa shape index (κ2) is 9.75. The number of hydrogen-bond acceptors (Lipinski definition) is 4. The van der Waals surface area contributed by atoms with Crippen molar-refractivity contribution in [2.75, 3.05) is 37.6 Å². The monoisotopic (exact) mass is 401 g/mol. The molecule has 2 aromatic heterocycles. The number of pyridine rings is 1. The van der Waals surface area contributed by atoms with Crippen LogP contribution in [0.1, 0.15) is 20.3 Å². The van der Waals surface area contributed by atoms with Gasteiger partial charge in [-0.1, -0.05) is 37.6 Å². The Hall–Kier alpha value is -2.31. The van der Waals surface area contributed by atoms with Gasteiger partial charge in [0.2, 0.25) is 0 Å². The molecule has 0 aliphatic carbocycles. The minimum Gasteiger partial charge on any atom is -0.369 e. The van der Waals surface area contributed by atoms with Crippen LogP contribution in [0.3, 0.4) is 0 Å². The van der Waals surface area contributed by atoms with Crippen LogP contribution in [-0.2, 0) is 6.54 Å². The van der Waals surface area contributed by atoms with E-state index in [1.807, 2.05) is 50.2 Å². The van der Waals surface area contributed by atoms with Crippen LogP contribution in [0.5, 0.6) is 0 Å². The average Bonchev–Trinajstić information content (AvgIpc) is 3.06. The van der Waals surface area contributed by atoms with Gasteiger partial charge in [0.15, 0.2) is 5.65 Å². The molecule has 28 heavy (non-hydrogen) atoms. The quantitative estimate of drug-likeness (QED) is 0.657. The largest absolute Gasteiger partial charge is 0.369 e. The number of halogens is 1. The first-order valence-corrected chi connectivity index (χ1v) is 10.4. The van der Waals surface area contributed by atoms with E-state index in [4.69, 9.17) is 11.6 Å². The molecule has 1 aromatic carbocycles. The number of rotatable bonds is 5. The van der Waals surface area contributed by atoms with Crippen LogP contribution in [0.25, 0.3) is 5.65 Å². The fourth-order valence-electron chi connectivity index (χ4n) is 3.46. The molecule has 1 saturated heterocycles. The number of piperazine rings is 1. The van der Waals surface area contributed by atoms with E-state index < -0.39 is 0 Å². The molecule has 1 aliphatic heterocycles. The predicted molar refractivity (Wildman–Crippen MR) is 116 cm³/mol. The molecule has 0 spiro atoms. The second-order valence-electron chi connectivity index (χ2n) is 6.60. The van der Waals surface area contributed by atoms with Crippen molar-refractivity contribution < 1.29 is 0 Å². The minimum atomic E-state index is -0.0635. The molecular formula is C21H28ClN5O. The van der Waals surface area contributed by atoms with Gasteiger partial charge in [0.25, 0.3) is 0 Å². The molecule has 1 aliphatic rings. The van der Waals surface area contributed by atoms with E-state index in [1.54, 1.807) is 15.3 Å². The van der Waals surface area contributed by atoms with Gasteiger partial charge in [-0.15, -0.1) is 5.10 Å². The van der Waals surface area contributed by atoms with Gasteiger partial charge in [-0.3, -0.25) is 9.30 Å². The third-order valence-corrected chi connectivity index (χ3v) is 5.11. The average molecular weight is 402 g/mol. The highest BCUT2D eigenvalue weighted by Crippen LogP contribution is 2.20. The molecule has 0 atom stereocenters. The van der Waals surface area contributed by atoms with Gasteiger partial charge in [-0.2, -0.15) is 0 Å². The molecule has 3 aromatic rings. The third kappa shape index (κ3) is 4.75. The Kier molecular flexibility index (Phi) is 7.12. The number of fused-ring (bicyclic) bond motifs is 1. The summed E-state index contributed by atoms with van der Waals surface area (Å²) in [6.45, 7) is 9.65. The zero-order chi connectivity index (χ0) is 19.9.